The Labute approximate surface area is 138 Å². The third-order valence-electron chi connectivity index (χ3n) is 3.17. The minimum Gasteiger partial charge on any atom is -0.353 e. The molecule has 0 aliphatic carbocycles. The van der Waals surface area contributed by atoms with E-state index in [0.717, 1.165) is 4.90 Å². The fourth-order valence-electron chi connectivity index (χ4n) is 1.96. The standard InChI is InChI=1S/C16H19FN2OS2/c1-19(2)14(15-4-3-9-21-15)10-18-16(20)11-22-13-7-5-12(17)6-8-13/h3-9,14H,10-11H2,1-2H3,(H,18,20)/t14-/m1/s1. The number of nitrogens with zero attached hydrogens (tertiary/aromatic N) is 1. The summed E-state index contributed by atoms with van der Waals surface area (Å²) < 4.78 is 12.8. The van der Waals surface area contributed by atoms with E-state index in [1.54, 1.807) is 23.5 Å². The van der Waals surface area contributed by atoms with E-state index in [-0.39, 0.29) is 17.8 Å². The van der Waals surface area contributed by atoms with Crippen molar-refractivity contribution in [2.75, 3.05) is 26.4 Å². The van der Waals surface area contributed by atoms with Gasteiger partial charge >= 0.3 is 0 Å². The van der Waals surface area contributed by atoms with E-state index in [1.807, 2.05) is 25.5 Å². The molecule has 3 nitrogen and oxygen atoms in total. The molecule has 1 aromatic heterocycles. The first-order valence-electron chi connectivity index (χ1n) is 6.91. The van der Waals surface area contributed by atoms with Crippen LogP contribution in [-0.2, 0) is 4.79 Å². The molecular weight excluding hydrogens is 319 g/mol. The lowest BCUT2D eigenvalue weighted by molar-refractivity contribution is -0.118. The van der Waals surface area contributed by atoms with Crippen molar-refractivity contribution in [2.24, 2.45) is 0 Å². The summed E-state index contributed by atoms with van der Waals surface area (Å²) in [4.78, 5) is 16.2. The van der Waals surface area contributed by atoms with Crippen molar-refractivity contribution in [1.82, 2.24) is 10.2 Å². The van der Waals surface area contributed by atoms with E-state index < -0.39 is 0 Å². The van der Waals surface area contributed by atoms with E-state index in [1.165, 1.54) is 28.8 Å². The van der Waals surface area contributed by atoms with Crippen LogP contribution in [-0.4, -0.2) is 37.2 Å². The molecule has 22 heavy (non-hydrogen) atoms. The quantitative estimate of drug-likeness (QED) is 0.786. The number of rotatable bonds is 7. The van der Waals surface area contributed by atoms with Gasteiger partial charge in [0.1, 0.15) is 5.82 Å². The molecule has 1 heterocycles. The molecule has 0 bridgehead atoms. The van der Waals surface area contributed by atoms with Gasteiger partial charge in [-0.1, -0.05) is 6.07 Å². The van der Waals surface area contributed by atoms with Gasteiger partial charge in [0, 0.05) is 16.3 Å². The Bertz CT molecular complexity index is 585. The Morgan fingerprint density at radius 3 is 2.64 bits per heavy atom. The fraction of sp³-hybridized carbons (Fsp3) is 0.312. The second kappa shape index (κ2) is 8.31. The van der Waals surface area contributed by atoms with E-state index in [2.05, 4.69) is 16.3 Å². The number of thiophene rings is 1. The van der Waals surface area contributed by atoms with Crippen molar-refractivity contribution in [3.05, 3.63) is 52.5 Å². The summed E-state index contributed by atoms with van der Waals surface area (Å²) in [5, 5.41) is 5.00. The molecule has 2 aromatic rings. The van der Waals surface area contributed by atoms with Gasteiger partial charge in [-0.05, 0) is 49.8 Å². The molecule has 1 atom stereocenters. The van der Waals surface area contributed by atoms with Crippen LogP contribution in [0.15, 0.2) is 46.7 Å². The monoisotopic (exact) mass is 338 g/mol. The van der Waals surface area contributed by atoms with Crippen LogP contribution < -0.4 is 5.32 Å². The van der Waals surface area contributed by atoms with Gasteiger partial charge in [0.25, 0.3) is 0 Å². The zero-order chi connectivity index (χ0) is 15.9. The first kappa shape index (κ1) is 17.0. The SMILES string of the molecule is CN(C)[C@H](CNC(=O)CSc1ccc(F)cc1)c1cccs1. The summed E-state index contributed by atoms with van der Waals surface area (Å²) in [5.41, 5.74) is 0. The summed E-state index contributed by atoms with van der Waals surface area (Å²) in [7, 11) is 4.01. The molecule has 0 radical (unpaired) electrons. The fourth-order valence-corrected chi connectivity index (χ4v) is 3.61. The maximum absolute atomic E-state index is 12.8. The van der Waals surface area contributed by atoms with E-state index in [9.17, 15) is 9.18 Å². The van der Waals surface area contributed by atoms with Gasteiger partial charge in [0.2, 0.25) is 5.91 Å². The highest BCUT2D eigenvalue weighted by molar-refractivity contribution is 8.00. The molecule has 1 aromatic carbocycles. The zero-order valence-electron chi connectivity index (χ0n) is 12.6. The van der Waals surface area contributed by atoms with Gasteiger partial charge in [0.05, 0.1) is 11.8 Å². The van der Waals surface area contributed by atoms with E-state index >= 15 is 0 Å². The lowest BCUT2D eigenvalue weighted by atomic mass is 10.2. The van der Waals surface area contributed by atoms with Crippen LogP contribution in [0.4, 0.5) is 4.39 Å². The number of carbonyl (C=O) groups is 1. The lowest BCUT2D eigenvalue weighted by Gasteiger charge is -2.23. The molecule has 0 aliphatic heterocycles. The van der Waals surface area contributed by atoms with Crippen LogP contribution >= 0.6 is 23.1 Å². The summed E-state index contributed by atoms with van der Waals surface area (Å²) in [6.45, 7) is 0.580. The molecule has 1 amide bonds. The Hall–Kier alpha value is -1.37. The third-order valence-corrected chi connectivity index (χ3v) is 5.16. The number of hydrogen-bond donors (Lipinski definition) is 1. The number of hydrogen-bond acceptors (Lipinski definition) is 4. The first-order chi connectivity index (χ1) is 10.6. The van der Waals surface area contributed by atoms with Gasteiger partial charge in [-0.25, -0.2) is 4.39 Å². The molecule has 118 valence electrons. The molecule has 6 heteroatoms. The zero-order valence-corrected chi connectivity index (χ0v) is 14.2. The average molecular weight is 338 g/mol. The molecular formula is C16H19FN2OS2. The summed E-state index contributed by atoms with van der Waals surface area (Å²) in [6, 6.07) is 10.4. The van der Waals surface area contributed by atoms with Gasteiger partial charge in [-0.3, -0.25) is 4.79 Å². The highest BCUT2D eigenvalue weighted by atomic mass is 32.2. The first-order valence-corrected chi connectivity index (χ1v) is 8.77. The molecule has 1 N–H and O–H groups in total. The predicted molar refractivity (Wildman–Crippen MR) is 90.9 cm³/mol. The Morgan fingerprint density at radius 2 is 2.05 bits per heavy atom. The summed E-state index contributed by atoms with van der Waals surface area (Å²) in [5.74, 6) is 0.0484. The maximum Gasteiger partial charge on any atom is 0.230 e. The second-order valence-electron chi connectivity index (χ2n) is 5.04. The van der Waals surface area contributed by atoms with Crippen molar-refractivity contribution >= 4 is 29.0 Å². The normalized spacial score (nSPS) is 12.4. The van der Waals surface area contributed by atoms with Gasteiger partial charge in [0.15, 0.2) is 0 Å². The molecule has 0 saturated carbocycles. The molecule has 0 fully saturated rings. The number of nitrogens with one attached hydrogen (secondary N) is 1. The lowest BCUT2D eigenvalue weighted by Crippen LogP contribution is -2.35. The Balaban J connectivity index is 1.80. The number of thioether (sulfide) groups is 1. The van der Waals surface area contributed by atoms with E-state index in [0.29, 0.717) is 12.3 Å². The van der Waals surface area contributed by atoms with Crippen molar-refractivity contribution in [3.63, 3.8) is 0 Å². The van der Waals surface area contributed by atoms with Gasteiger partial charge < -0.3 is 10.2 Å². The number of halogens is 1. The number of carbonyl (C=O) groups excluding carboxylic acids is 1. The van der Waals surface area contributed by atoms with Crippen LogP contribution in [0, 0.1) is 5.82 Å². The van der Waals surface area contributed by atoms with E-state index in [4.69, 9.17) is 0 Å². The molecule has 2 rings (SSSR count). The van der Waals surface area contributed by atoms with Crippen molar-refractivity contribution in [3.8, 4) is 0 Å². The topological polar surface area (TPSA) is 32.3 Å². The van der Waals surface area contributed by atoms with Crippen molar-refractivity contribution in [1.29, 1.82) is 0 Å². The van der Waals surface area contributed by atoms with Crippen molar-refractivity contribution < 1.29 is 9.18 Å². The number of benzene rings is 1. The van der Waals surface area contributed by atoms with Crippen molar-refractivity contribution in [2.45, 2.75) is 10.9 Å². The van der Waals surface area contributed by atoms with Crippen LogP contribution in [0.25, 0.3) is 0 Å². The van der Waals surface area contributed by atoms with Gasteiger partial charge in [-0.2, -0.15) is 0 Å². The third kappa shape index (κ3) is 5.12. The molecule has 0 unspecified atom stereocenters. The molecule has 0 spiro atoms. The number of amides is 1. The Kier molecular flexibility index (Phi) is 6.42. The average Bonchev–Trinajstić information content (AvgIpc) is 3.00. The van der Waals surface area contributed by atoms with Crippen LogP contribution in [0.3, 0.4) is 0 Å². The smallest absolute Gasteiger partial charge is 0.230 e. The predicted octanol–water partition coefficient (Wildman–Crippen LogP) is 3.40. The molecule has 0 saturated heterocycles. The second-order valence-corrected chi connectivity index (χ2v) is 7.07. The highest BCUT2D eigenvalue weighted by Crippen LogP contribution is 2.22. The molecule has 0 aliphatic rings. The minimum absolute atomic E-state index is 0.0160. The summed E-state index contributed by atoms with van der Waals surface area (Å²) in [6.07, 6.45) is 0. The minimum atomic E-state index is -0.265. The van der Waals surface area contributed by atoms with Crippen LogP contribution in [0.5, 0.6) is 0 Å². The number of likely N-dealkylation sites (N-methyl/N-ethyl adjacent to an activating group) is 1. The van der Waals surface area contributed by atoms with Gasteiger partial charge in [-0.15, -0.1) is 23.1 Å². The largest absolute Gasteiger partial charge is 0.353 e. The maximum atomic E-state index is 12.8. The Morgan fingerprint density at radius 1 is 1.32 bits per heavy atom. The highest BCUT2D eigenvalue weighted by Gasteiger charge is 2.16. The van der Waals surface area contributed by atoms with Crippen LogP contribution in [0.1, 0.15) is 10.9 Å². The van der Waals surface area contributed by atoms with Crippen LogP contribution in [0.2, 0.25) is 0 Å². The summed E-state index contributed by atoms with van der Waals surface area (Å²) >= 11 is 3.09.